The summed E-state index contributed by atoms with van der Waals surface area (Å²) in [4.78, 5) is 7.90. The molecule has 0 spiro atoms. The Labute approximate surface area is 315 Å². The molecule has 0 atom stereocenters. The van der Waals surface area contributed by atoms with Crippen LogP contribution in [0.1, 0.15) is 194 Å². The zero-order valence-electron chi connectivity index (χ0n) is 34.6. The number of nitrogens with zero attached hydrogens (tertiary/aromatic N) is 3. The molecule has 3 heteroatoms. The Morgan fingerprint density at radius 3 is 1.18 bits per heavy atom. The fraction of sp³-hybridized carbons (Fsp3) is 0.830. The summed E-state index contributed by atoms with van der Waals surface area (Å²) < 4.78 is 0. The number of hydrogen-bond acceptors (Lipinski definition) is 3. The summed E-state index contributed by atoms with van der Waals surface area (Å²) in [6, 6.07) is 0.817. The molecule has 1 rings (SSSR count). The predicted molar refractivity (Wildman–Crippen MR) is 228 cm³/mol. The fourth-order valence-electron chi connectivity index (χ4n) is 7.29. The molecule has 0 unspecified atom stereocenters. The lowest BCUT2D eigenvalue weighted by molar-refractivity contribution is 0.0820. The maximum atomic E-state index is 2.88. The predicted octanol–water partition coefficient (Wildman–Crippen LogP) is 13.7. The maximum Gasteiger partial charge on any atom is 0.0113 e. The van der Waals surface area contributed by atoms with E-state index < -0.39 is 0 Å². The van der Waals surface area contributed by atoms with Gasteiger partial charge in [-0.2, -0.15) is 0 Å². The number of allylic oxidation sites excluding steroid dienone is 8. The van der Waals surface area contributed by atoms with Gasteiger partial charge in [0.25, 0.3) is 0 Å². The van der Waals surface area contributed by atoms with Gasteiger partial charge in [-0.15, -0.1) is 0 Å². The Morgan fingerprint density at radius 1 is 0.440 bits per heavy atom. The van der Waals surface area contributed by atoms with Crippen molar-refractivity contribution in [2.75, 3.05) is 53.4 Å². The third kappa shape index (κ3) is 31.6. The first-order valence-corrected chi connectivity index (χ1v) is 22.4. The van der Waals surface area contributed by atoms with Gasteiger partial charge >= 0.3 is 0 Å². The van der Waals surface area contributed by atoms with E-state index in [-0.39, 0.29) is 0 Å². The number of hydrogen-bond donors (Lipinski definition) is 0. The first-order chi connectivity index (χ1) is 24.7. The van der Waals surface area contributed by atoms with Crippen LogP contribution >= 0.6 is 0 Å². The van der Waals surface area contributed by atoms with Gasteiger partial charge in [-0.3, -0.25) is 9.80 Å². The van der Waals surface area contributed by atoms with Crippen molar-refractivity contribution >= 4 is 0 Å². The lowest BCUT2D eigenvalue weighted by Crippen LogP contribution is -2.51. The molecule has 0 aromatic carbocycles. The number of unbranched alkanes of at least 4 members (excludes halogenated alkanes) is 20. The summed E-state index contributed by atoms with van der Waals surface area (Å²) in [6.07, 6.45) is 57.1. The van der Waals surface area contributed by atoms with Gasteiger partial charge in [0, 0.05) is 45.3 Å². The van der Waals surface area contributed by atoms with E-state index in [0.29, 0.717) is 0 Å². The smallest absolute Gasteiger partial charge is 0.0113 e. The normalized spacial score (nSPS) is 15.2. The summed E-state index contributed by atoms with van der Waals surface area (Å²) in [6.45, 7) is 12.1. The van der Waals surface area contributed by atoms with E-state index in [1.165, 1.54) is 206 Å². The highest BCUT2D eigenvalue weighted by Crippen LogP contribution is 2.21. The van der Waals surface area contributed by atoms with Crippen LogP contribution in [0.25, 0.3) is 0 Å². The van der Waals surface area contributed by atoms with Crippen molar-refractivity contribution in [1.29, 1.82) is 0 Å². The van der Waals surface area contributed by atoms with Crippen molar-refractivity contribution in [3.63, 3.8) is 0 Å². The van der Waals surface area contributed by atoms with Crippen molar-refractivity contribution < 1.29 is 0 Å². The molecule has 0 amide bonds. The zero-order chi connectivity index (χ0) is 36.0. The average molecular weight is 696 g/mol. The minimum atomic E-state index is 0.817. The Bertz CT molecular complexity index is 738. The lowest BCUT2D eigenvalue weighted by atomic mass is 9.98. The summed E-state index contributed by atoms with van der Waals surface area (Å²) in [5.41, 5.74) is 0. The molecule has 0 bridgehead atoms. The largest absolute Gasteiger partial charge is 0.308 e. The summed E-state index contributed by atoms with van der Waals surface area (Å²) in [5, 5.41) is 0. The number of likely N-dealkylation sites (N-methyl/N-ethyl adjacent to an activating group) is 1. The molecular formula is C47H89N3. The minimum absolute atomic E-state index is 0.817. The minimum Gasteiger partial charge on any atom is -0.308 e. The van der Waals surface area contributed by atoms with Crippen LogP contribution in [0.15, 0.2) is 48.6 Å². The van der Waals surface area contributed by atoms with Gasteiger partial charge in [-0.05, 0) is 91.1 Å². The van der Waals surface area contributed by atoms with Crippen LogP contribution in [0.2, 0.25) is 0 Å². The lowest BCUT2D eigenvalue weighted by Gasteiger charge is -2.40. The van der Waals surface area contributed by atoms with E-state index in [1.807, 2.05) is 0 Å². The van der Waals surface area contributed by atoms with Crippen LogP contribution < -0.4 is 0 Å². The van der Waals surface area contributed by atoms with E-state index in [9.17, 15) is 0 Å². The molecular weight excluding hydrogens is 607 g/mol. The van der Waals surface area contributed by atoms with E-state index in [2.05, 4.69) is 91.3 Å². The van der Waals surface area contributed by atoms with Crippen molar-refractivity contribution in [1.82, 2.24) is 14.7 Å². The standard InChI is InChI=1S/C47H89N3/c1-5-7-9-11-13-15-17-19-21-23-25-27-29-31-33-35-37-39-47(50-45-43-49(44-46-50)42-41-48(3)4)40-38-36-34-32-30-28-26-24-22-20-18-16-14-12-10-8-6-2/h15-18,21-24,47H,5-14,19-20,25-46H2,1-4H3/b17-15-,18-16-,23-21-,24-22-. The second-order valence-corrected chi connectivity index (χ2v) is 15.8. The van der Waals surface area contributed by atoms with Crippen molar-refractivity contribution in [3.8, 4) is 0 Å². The van der Waals surface area contributed by atoms with Gasteiger partial charge in [0.2, 0.25) is 0 Å². The van der Waals surface area contributed by atoms with Gasteiger partial charge in [-0.1, -0.05) is 165 Å². The molecule has 1 fully saturated rings. The summed E-state index contributed by atoms with van der Waals surface area (Å²) >= 11 is 0. The molecule has 50 heavy (non-hydrogen) atoms. The first kappa shape index (κ1) is 46.9. The van der Waals surface area contributed by atoms with E-state index in [0.717, 1.165) is 18.9 Å². The first-order valence-electron chi connectivity index (χ1n) is 22.4. The highest BCUT2D eigenvalue weighted by molar-refractivity contribution is 4.93. The third-order valence-corrected chi connectivity index (χ3v) is 10.8. The van der Waals surface area contributed by atoms with Crippen LogP contribution in [0.3, 0.4) is 0 Å². The van der Waals surface area contributed by atoms with Crippen molar-refractivity contribution in [3.05, 3.63) is 48.6 Å². The molecule has 0 N–H and O–H groups in total. The Kier molecular flexibility index (Phi) is 35.2. The topological polar surface area (TPSA) is 9.72 Å². The number of piperazine rings is 1. The van der Waals surface area contributed by atoms with Crippen molar-refractivity contribution in [2.24, 2.45) is 0 Å². The van der Waals surface area contributed by atoms with Gasteiger partial charge in [0.1, 0.15) is 0 Å². The highest BCUT2D eigenvalue weighted by atomic mass is 15.3. The van der Waals surface area contributed by atoms with Crippen LogP contribution in [-0.4, -0.2) is 74.1 Å². The number of rotatable bonds is 36. The maximum absolute atomic E-state index is 2.88. The molecule has 1 heterocycles. The third-order valence-electron chi connectivity index (χ3n) is 10.8. The molecule has 3 nitrogen and oxygen atoms in total. The van der Waals surface area contributed by atoms with E-state index in [4.69, 9.17) is 0 Å². The molecule has 0 saturated carbocycles. The monoisotopic (exact) mass is 696 g/mol. The van der Waals surface area contributed by atoms with Crippen molar-refractivity contribution in [2.45, 2.75) is 200 Å². The Morgan fingerprint density at radius 2 is 0.800 bits per heavy atom. The molecule has 1 saturated heterocycles. The quantitative estimate of drug-likeness (QED) is 0.0477. The Hall–Kier alpha value is -1.16. The van der Waals surface area contributed by atoms with Gasteiger partial charge in [0.15, 0.2) is 0 Å². The molecule has 1 aliphatic heterocycles. The van der Waals surface area contributed by atoms with Gasteiger partial charge in [0.05, 0.1) is 0 Å². The molecule has 1 aliphatic rings. The summed E-state index contributed by atoms with van der Waals surface area (Å²) in [5.74, 6) is 0. The van der Waals surface area contributed by atoms with Crippen LogP contribution in [0.4, 0.5) is 0 Å². The molecule has 0 radical (unpaired) electrons. The van der Waals surface area contributed by atoms with E-state index >= 15 is 0 Å². The fourth-order valence-corrected chi connectivity index (χ4v) is 7.29. The second-order valence-electron chi connectivity index (χ2n) is 15.8. The van der Waals surface area contributed by atoms with Gasteiger partial charge < -0.3 is 4.90 Å². The van der Waals surface area contributed by atoms with Gasteiger partial charge in [-0.25, -0.2) is 0 Å². The second kappa shape index (κ2) is 37.6. The summed E-state index contributed by atoms with van der Waals surface area (Å²) in [7, 11) is 4.40. The zero-order valence-corrected chi connectivity index (χ0v) is 34.6. The Balaban J connectivity index is 2.18. The molecule has 0 aromatic heterocycles. The molecule has 292 valence electrons. The highest BCUT2D eigenvalue weighted by Gasteiger charge is 2.23. The average Bonchev–Trinajstić information content (AvgIpc) is 3.12. The van der Waals surface area contributed by atoms with Crippen LogP contribution in [0.5, 0.6) is 0 Å². The van der Waals surface area contributed by atoms with Crippen LogP contribution in [0, 0.1) is 0 Å². The SMILES string of the molecule is CCCCCC/C=C\C/C=C\CCCCCCCCC(CCCCCCCC/C=C\C/C=C\CCCCCC)N1CCN(CCN(C)C)CC1. The van der Waals surface area contributed by atoms with E-state index in [1.54, 1.807) is 0 Å². The molecule has 0 aromatic rings. The van der Waals surface area contributed by atoms with Crippen LogP contribution in [-0.2, 0) is 0 Å². The molecule has 0 aliphatic carbocycles.